The van der Waals surface area contributed by atoms with Crippen molar-refractivity contribution in [1.82, 2.24) is 24.5 Å². The Kier molecular flexibility index (Phi) is 3.68. The molecule has 0 bridgehead atoms. The molecule has 0 aromatic carbocycles. The van der Waals surface area contributed by atoms with Crippen LogP contribution in [0.3, 0.4) is 0 Å². The zero-order valence-corrected chi connectivity index (χ0v) is 16.4. The van der Waals surface area contributed by atoms with Crippen LogP contribution in [0.15, 0.2) is 55.4 Å². The van der Waals surface area contributed by atoms with E-state index in [0.29, 0.717) is 16.8 Å². The first kappa shape index (κ1) is 14.4. The Labute approximate surface area is 180 Å². The Morgan fingerprint density at radius 3 is 2.77 bits per heavy atom. The summed E-state index contributed by atoms with van der Waals surface area (Å²) in [6, 6.07) is 6.82. The molecule has 0 N–H and O–H groups in total. The van der Waals surface area contributed by atoms with Crippen molar-refractivity contribution in [2.24, 2.45) is 7.05 Å². The highest BCUT2D eigenvalue weighted by Gasteiger charge is 2.16. The van der Waals surface area contributed by atoms with E-state index in [4.69, 9.17) is 5.48 Å². The van der Waals surface area contributed by atoms with E-state index in [1.165, 1.54) is 12.3 Å². The largest absolute Gasteiger partial charge is 0.357 e. The number of Topliss-reactive ketones (excluding diaryl/α,β-unsaturated/α-hetero) is 1. The molecule has 0 radical (unpaired) electrons. The van der Waals surface area contributed by atoms with Crippen LogP contribution in [0.2, 0.25) is 0 Å². The van der Waals surface area contributed by atoms with Crippen molar-refractivity contribution < 1.29 is 10.3 Å². The zero-order chi connectivity index (χ0) is 24.1. The molecule has 0 aliphatic carbocycles. The van der Waals surface area contributed by atoms with Crippen LogP contribution >= 0.6 is 0 Å². The molecule has 150 valence electrons. The van der Waals surface area contributed by atoms with Crippen LogP contribution < -0.4 is 4.90 Å². The van der Waals surface area contributed by atoms with Gasteiger partial charge in [-0.1, -0.05) is 0 Å². The van der Waals surface area contributed by atoms with Crippen LogP contribution in [0, 0.1) is 0 Å². The predicted molar refractivity (Wildman–Crippen MR) is 115 cm³/mol. The second-order valence-electron chi connectivity index (χ2n) is 7.14. The first-order chi connectivity index (χ1) is 16.1. The van der Waals surface area contributed by atoms with Gasteiger partial charge in [-0.05, 0) is 37.1 Å². The monoisotopic (exact) mass is 402 g/mol. The number of ketones is 1. The summed E-state index contributed by atoms with van der Waals surface area (Å²) in [6.45, 7) is -3.76. The number of carbonyl (C=O) groups is 1. The fourth-order valence-electron chi connectivity index (χ4n) is 3.48. The van der Waals surface area contributed by atoms with E-state index in [9.17, 15) is 4.79 Å². The quantitative estimate of drug-likeness (QED) is 0.476. The topological polar surface area (TPSA) is 76.8 Å². The number of fused-ring (bicyclic) bond motifs is 1. The van der Waals surface area contributed by atoms with Gasteiger partial charge < -0.3 is 9.47 Å². The minimum absolute atomic E-state index is 0.0368. The Morgan fingerprint density at radius 2 is 1.97 bits per heavy atom. The molecule has 30 heavy (non-hydrogen) atoms. The van der Waals surface area contributed by atoms with Crippen molar-refractivity contribution >= 4 is 22.5 Å². The lowest BCUT2D eigenvalue weighted by molar-refractivity contribution is 0.0992. The lowest BCUT2D eigenvalue weighted by Gasteiger charge is -2.16. The Hall–Kier alpha value is -3.61. The normalized spacial score (nSPS) is 19.2. The molecule has 5 rings (SSSR count). The molecular formula is C23H22N6O. The number of imidazole rings is 1. The van der Waals surface area contributed by atoms with E-state index in [-0.39, 0.29) is 30.9 Å². The Morgan fingerprint density at radius 1 is 1.10 bits per heavy atom. The molecule has 1 fully saturated rings. The number of aromatic nitrogens is 5. The SMILES string of the molecule is [2H]C1([2H])CCC([2H])([2H])N1c1cc(C(=O)Cc2cc3cc(-c4cncn4C)cnc3cn2)ccn1. The van der Waals surface area contributed by atoms with E-state index in [0.717, 1.165) is 21.5 Å². The van der Waals surface area contributed by atoms with Gasteiger partial charge in [-0.15, -0.1) is 0 Å². The minimum atomic E-state index is -1.88. The second-order valence-corrected chi connectivity index (χ2v) is 7.14. The van der Waals surface area contributed by atoms with Gasteiger partial charge in [-0.3, -0.25) is 14.8 Å². The lowest BCUT2D eigenvalue weighted by atomic mass is 10.1. The number of anilines is 1. The summed E-state index contributed by atoms with van der Waals surface area (Å²) in [7, 11) is 1.91. The Balaban J connectivity index is 1.42. The van der Waals surface area contributed by atoms with E-state index in [1.807, 2.05) is 23.7 Å². The van der Waals surface area contributed by atoms with Crippen molar-refractivity contribution in [3.05, 3.63) is 66.6 Å². The summed E-state index contributed by atoms with van der Waals surface area (Å²) < 4.78 is 34.5. The van der Waals surface area contributed by atoms with Gasteiger partial charge in [0, 0.05) is 60.1 Å². The molecule has 5 heterocycles. The third-order valence-corrected chi connectivity index (χ3v) is 5.04. The van der Waals surface area contributed by atoms with E-state index in [1.54, 1.807) is 31.0 Å². The number of hydrogen-bond donors (Lipinski definition) is 0. The lowest BCUT2D eigenvalue weighted by Crippen LogP contribution is -2.19. The highest BCUT2D eigenvalue weighted by molar-refractivity contribution is 5.98. The summed E-state index contributed by atoms with van der Waals surface area (Å²) in [5, 5.41) is 0.852. The summed E-state index contributed by atoms with van der Waals surface area (Å²) in [5.74, 6) is -0.110. The molecule has 0 spiro atoms. The van der Waals surface area contributed by atoms with Crippen molar-refractivity contribution in [1.29, 1.82) is 0 Å². The first-order valence-corrected chi connectivity index (χ1v) is 9.65. The van der Waals surface area contributed by atoms with Crippen LogP contribution in [0.4, 0.5) is 5.82 Å². The number of pyridine rings is 3. The standard InChI is InChI=1S/C23H22N6O/c1-28-15-24-14-21(28)18-8-17-9-19(26-13-20(17)27-12-18)11-22(30)16-4-5-25-23(10-16)29-6-2-3-7-29/h4-5,8-10,12-15H,2-3,6-7,11H2,1H3/i6D2,7D2. The van der Waals surface area contributed by atoms with Crippen LogP contribution in [0.1, 0.15) is 34.4 Å². The van der Waals surface area contributed by atoms with Crippen molar-refractivity contribution in [2.45, 2.75) is 19.3 Å². The van der Waals surface area contributed by atoms with Gasteiger partial charge in [0.1, 0.15) is 5.82 Å². The molecule has 1 saturated heterocycles. The van der Waals surface area contributed by atoms with Crippen molar-refractivity contribution in [2.75, 3.05) is 17.9 Å². The maximum absolute atomic E-state index is 13.0. The van der Waals surface area contributed by atoms with E-state index in [2.05, 4.69) is 19.9 Å². The average Bonchev–Trinajstić information content (AvgIpc) is 3.32. The number of aryl methyl sites for hydroxylation is 1. The number of nitrogens with zero attached hydrogens (tertiary/aromatic N) is 6. The molecule has 1 aliphatic heterocycles. The van der Waals surface area contributed by atoms with E-state index >= 15 is 0 Å². The van der Waals surface area contributed by atoms with Gasteiger partial charge in [-0.2, -0.15) is 0 Å². The maximum Gasteiger partial charge on any atom is 0.169 e. The fourth-order valence-corrected chi connectivity index (χ4v) is 3.48. The van der Waals surface area contributed by atoms with Gasteiger partial charge >= 0.3 is 0 Å². The second kappa shape index (κ2) is 7.67. The Bertz CT molecular complexity index is 1390. The molecule has 0 atom stereocenters. The fraction of sp³-hybridized carbons (Fsp3) is 0.261. The predicted octanol–water partition coefficient (Wildman–Crippen LogP) is 3.45. The van der Waals surface area contributed by atoms with Crippen molar-refractivity contribution in [3.8, 4) is 11.3 Å². The van der Waals surface area contributed by atoms with Gasteiger partial charge in [0.05, 0.1) is 36.4 Å². The molecule has 0 amide bonds. The summed E-state index contributed by atoms with van der Waals surface area (Å²) in [4.78, 5) is 31.2. The number of hydrogen-bond acceptors (Lipinski definition) is 6. The van der Waals surface area contributed by atoms with Gasteiger partial charge in [0.2, 0.25) is 0 Å². The molecule has 4 aromatic heterocycles. The molecule has 1 aliphatic rings. The number of rotatable bonds is 5. The van der Waals surface area contributed by atoms with Crippen LogP contribution in [0.25, 0.3) is 22.2 Å². The van der Waals surface area contributed by atoms with Gasteiger partial charge in [0.15, 0.2) is 5.78 Å². The van der Waals surface area contributed by atoms with Gasteiger partial charge in [-0.25, -0.2) is 9.97 Å². The van der Waals surface area contributed by atoms with Gasteiger partial charge in [0.25, 0.3) is 0 Å². The third kappa shape index (κ3) is 3.54. The van der Waals surface area contributed by atoms with Crippen molar-refractivity contribution in [3.63, 3.8) is 0 Å². The average molecular weight is 402 g/mol. The van der Waals surface area contributed by atoms with Crippen LogP contribution in [0.5, 0.6) is 0 Å². The smallest absolute Gasteiger partial charge is 0.169 e. The molecule has 4 aromatic rings. The zero-order valence-electron chi connectivity index (χ0n) is 20.4. The molecule has 7 nitrogen and oxygen atoms in total. The molecular weight excluding hydrogens is 376 g/mol. The third-order valence-electron chi connectivity index (χ3n) is 5.04. The van der Waals surface area contributed by atoms with Crippen LogP contribution in [-0.4, -0.2) is 43.3 Å². The summed E-state index contributed by atoms with van der Waals surface area (Å²) >= 11 is 0. The minimum Gasteiger partial charge on any atom is -0.357 e. The maximum atomic E-state index is 13.0. The summed E-state index contributed by atoms with van der Waals surface area (Å²) in [5.41, 5.74) is 3.45. The number of carbonyl (C=O) groups excluding carboxylic acids is 1. The molecule has 0 unspecified atom stereocenters. The first-order valence-electron chi connectivity index (χ1n) is 11.7. The van der Waals surface area contributed by atoms with Crippen LogP contribution in [-0.2, 0) is 13.5 Å². The molecule has 0 saturated carbocycles. The highest BCUT2D eigenvalue weighted by Crippen LogP contribution is 2.23. The van der Waals surface area contributed by atoms with E-state index < -0.39 is 13.0 Å². The molecule has 7 heteroatoms. The summed E-state index contributed by atoms with van der Waals surface area (Å²) in [6.07, 6.45) is 8.43. The highest BCUT2D eigenvalue weighted by atomic mass is 16.1.